The lowest BCUT2D eigenvalue weighted by atomic mass is 10.2. The van der Waals surface area contributed by atoms with Gasteiger partial charge in [0.25, 0.3) is 0 Å². The zero-order chi connectivity index (χ0) is 25.9. The van der Waals surface area contributed by atoms with E-state index < -0.39 is 15.5 Å². The third-order valence-corrected chi connectivity index (χ3v) is 7.33. The highest BCUT2D eigenvalue weighted by Gasteiger charge is 2.32. The van der Waals surface area contributed by atoms with E-state index in [0.717, 1.165) is 23.7 Å². The van der Waals surface area contributed by atoms with Gasteiger partial charge in [0.15, 0.2) is 0 Å². The van der Waals surface area contributed by atoms with Crippen molar-refractivity contribution in [3.05, 3.63) is 54.7 Å². The van der Waals surface area contributed by atoms with Crippen LogP contribution < -0.4 is 14.2 Å². The Hall–Kier alpha value is -3.37. The third-order valence-electron chi connectivity index (χ3n) is 5.82. The van der Waals surface area contributed by atoms with Crippen molar-refractivity contribution in [2.24, 2.45) is 0 Å². The first-order chi connectivity index (χ1) is 17.1. The number of carbonyl (C=O) groups excluding carboxylic acids is 1. The Morgan fingerprint density at radius 2 is 1.89 bits per heavy atom. The van der Waals surface area contributed by atoms with Crippen LogP contribution in [0.3, 0.4) is 0 Å². The molecule has 1 fully saturated rings. The monoisotopic (exact) mass is 512 g/mol. The van der Waals surface area contributed by atoms with Gasteiger partial charge < -0.3 is 19.1 Å². The van der Waals surface area contributed by atoms with Gasteiger partial charge in [-0.3, -0.25) is 4.98 Å². The SMILES string of the molecule is COc1ccc2c(Oc3ccc(S(=N)(=O)NC[C@H]4CCCN4C(=O)OC(C)(C)C)cc3)ccnc2c1. The first-order valence-corrected chi connectivity index (χ1v) is 13.4. The molecule has 192 valence electrons. The van der Waals surface area contributed by atoms with Crippen LogP contribution in [-0.2, 0) is 14.7 Å². The largest absolute Gasteiger partial charge is 0.497 e. The minimum absolute atomic E-state index is 0.174. The highest BCUT2D eigenvalue weighted by molar-refractivity contribution is 7.90. The molecule has 0 saturated carbocycles. The summed E-state index contributed by atoms with van der Waals surface area (Å²) in [5.41, 5.74) is 0.161. The topological polar surface area (TPSA) is 114 Å². The van der Waals surface area contributed by atoms with Gasteiger partial charge in [0.2, 0.25) is 0 Å². The minimum atomic E-state index is -3.27. The fourth-order valence-electron chi connectivity index (χ4n) is 4.05. The number of methoxy groups -OCH3 is 1. The summed E-state index contributed by atoms with van der Waals surface area (Å²) in [6, 6.07) is 13.8. The van der Waals surface area contributed by atoms with Crippen molar-refractivity contribution in [1.82, 2.24) is 14.6 Å². The molecule has 1 amide bonds. The summed E-state index contributed by atoms with van der Waals surface area (Å²) in [5.74, 6) is 1.88. The number of pyridine rings is 1. The normalized spacial score (nSPS) is 17.6. The first-order valence-electron chi connectivity index (χ1n) is 11.8. The zero-order valence-corrected chi connectivity index (χ0v) is 21.8. The number of hydrogen-bond acceptors (Lipinski definition) is 7. The maximum Gasteiger partial charge on any atom is 0.410 e. The lowest BCUT2D eigenvalue weighted by molar-refractivity contribution is 0.0230. The average Bonchev–Trinajstić information content (AvgIpc) is 3.31. The van der Waals surface area contributed by atoms with E-state index >= 15 is 0 Å². The van der Waals surface area contributed by atoms with Gasteiger partial charge in [0, 0.05) is 36.8 Å². The van der Waals surface area contributed by atoms with E-state index in [0.29, 0.717) is 28.7 Å². The molecule has 2 N–H and O–H groups in total. The number of nitrogens with zero attached hydrogens (tertiary/aromatic N) is 2. The Morgan fingerprint density at radius 3 is 2.58 bits per heavy atom. The number of hydrogen-bond donors (Lipinski definition) is 2. The number of fused-ring (bicyclic) bond motifs is 1. The van der Waals surface area contributed by atoms with Crippen molar-refractivity contribution in [1.29, 1.82) is 4.78 Å². The summed E-state index contributed by atoms with van der Waals surface area (Å²) in [6.07, 6.45) is 2.88. The van der Waals surface area contributed by atoms with Crippen LogP contribution in [0.1, 0.15) is 33.6 Å². The van der Waals surface area contributed by atoms with Gasteiger partial charge in [-0.05, 0) is 76.1 Å². The molecule has 0 aliphatic carbocycles. The molecule has 2 aromatic carbocycles. The number of benzene rings is 2. The van der Waals surface area contributed by atoms with Gasteiger partial charge in [-0.25, -0.2) is 18.5 Å². The van der Waals surface area contributed by atoms with Crippen LogP contribution in [0.25, 0.3) is 10.9 Å². The summed E-state index contributed by atoms with van der Waals surface area (Å²) in [5, 5.41) is 0.833. The van der Waals surface area contributed by atoms with E-state index in [2.05, 4.69) is 9.71 Å². The van der Waals surface area contributed by atoms with Crippen molar-refractivity contribution < 1.29 is 23.2 Å². The summed E-state index contributed by atoms with van der Waals surface area (Å²) in [7, 11) is -1.67. The minimum Gasteiger partial charge on any atom is -0.497 e. The van der Waals surface area contributed by atoms with E-state index in [1.165, 1.54) is 0 Å². The maximum absolute atomic E-state index is 13.1. The molecule has 0 bridgehead atoms. The number of nitrogens with one attached hydrogen (secondary N) is 2. The van der Waals surface area contributed by atoms with Gasteiger partial charge in [-0.1, -0.05) is 0 Å². The van der Waals surface area contributed by atoms with Gasteiger partial charge in [0.05, 0.1) is 17.5 Å². The van der Waals surface area contributed by atoms with E-state index in [-0.39, 0.29) is 18.7 Å². The van der Waals surface area contributed by atoms with Crippen molar-refractivity contribution in [3.8, 4) is 17.2 Å². The standard InChI is InChI=1S/C26H32N4O5S/c1-26(2,3)35-25(31)30-15-5-6-18(30)17-29-36(27,32)21-10-7-19(8-11-21)34-24-13-14-28-23-16-20(33-4)9-12-22(23)24/h7-14,16,18H,5-6,15,17H2,1-4H3,(H2,27,29,32)/t18-,36?/m1/s1. The predicted molar refractivity (Wildman–Crippen MR) is 138 cm³/mol. The van der Waals surface area contributed by atoms with Crippen LogP contribution in [0.15, 0.2) is 59.6 Å². The number of amides is 1. The number of likely N-dealkylation sites (tertiary alicyclic amines) is 1. The van der Waals surface area contributed by atoms with Crippen molar-refractivity contribution in [2.75, 3.05) is 20.2 Å². The van der Waals surface area contributed by atoms with E-state index in [1.807, 2.05) is 39.0 Å². The second-order valence-electron chi connectivity index (χ2n) is 9.64. The molecule has 36 heavy (non-hydrogen) atoms. The molecule has 2 heterocycles. The highest BCUT2D eigenvalue weighted by atomic mass is 32.2. The Morgan fingerprint density at radius 1 is 1.17 bits per heavy atom. The molecule has 1 saturated heterocycles. The molecule has 1 aliphatic rings. The van der Waals surface area contributed by atoms with Crippen molar-refractivity contribution in [3.63, 3.8) is 0 Å². The Balaban J connectivity index is 1.41. The van der Waals surface area contributed by atoms with Crippen LogP contribution in [0, 0.1) is 4.78 Å². The van der Waals surface area contributed by atoms with Crippen molar-refractivity contribution in [2.45, 2.75) is 50.2 Å². The summed E-state index contributed by atoms with van der Waals surface area (Å²) in [6.45, 7) is 6.31. The smallest absolute Gasteiger partial charge is 0.410 e. The number of rotatable bonds is 7. The van der Waals surface area contributed by atoms with Gasteiger partial charge in [-0.15, -0.1) is 0 Å². The van der Waals surface area contributed by atoms with Gasteiger partial charge in [0.1, 0.15) is 32.8 Å². The molecule has 0 radical (unpaired) electrons. The molecule has 10 heteroatoms. The molecule has 4 rings (SSSR count). The summed E-state index contributed by atoms with van der Waals surface area (Å²) >= 11 is 0. The molecule has 1 aromatic heterocycles. The number of carbonyl (C=O) groups is 1. The third kappa shape index (κ3) is 6.06. The lowest BCUT2D eigenvalue weighted by Crippen LogP contribution is -2.45. The highest BCUT2D eigenvalue weighted by Crippen LogP contribution is 2.31. The summed E-state index contributed by atoms with van der Waals surface area (Å²) < 4.78 is 41.2. The van der Waals surface area contributed by atoms with Crippen LogP contribution >= 0.6 is 0 Å². The predicted octanol–water partition coefficient (Wildman–Crippen LogP) is 5.35. The fraction of sp³-hybridized carbons (Fsp3) is 0.385. The molecule has 1 unspecified atom stereocenters. The van der Waals surface area contributed by atoms with Crippen LogP contribution in [0.5, 0.6) is 17.2 Å². The van der Waals surface area contributed by atoms with Gasteiger partial charge >= 0.3 is 6.09 Å². The van der Waals surface area contributed by atoms with Crippen LogP contribution in [0.4, 0.5) is 4.79 Å². The molecular formula is C26H32N4O5S. The Labute approximate surface area is 211 Å². The molecule has 9 nitrogen and oxygen atoms in total. The summed E-state index contributed by atoms with van der Waals surface area (Å²) in [4.78, 5) is 18.8. The molecule has 1 aliphatic heterocycles. The number of ether oxygens (including phenoxy) is 3. The quantitative estimate of drug-likeness (QED) is 0.441. The molecule has 0 spiro atoms. The van der Waals surface area contributed by atoms with Crippen LogP contribution in [-0.4, -0.2) is 52.0 Å². The van der Waals surface area contributed by atoms with E-state index in [9.17, 15) is 9.00 Å². The van der Waals surface area contributed by atoms with E-state index in [4.69, 9.17) is 19.0 Å². The number of aromatic nitrogens is 1. The van der Waals surface area contributed by atoms with Crippen LogP contribution in [0.2, 0.25) is 0 Å². The van der Waals surface area contributed by atoms with Gasteiger partial charge in [-0.2, -0.15) is 0 Å². The first kappa shape index (κ1) is 25.7. The molecule has 3 aromatic rings. The average molecular weight is 513 g/mol. The van der Waals surface area contributed by atoms with Crippen molar-refractivity contribution >= 4 is 26.9 Å². The maximum atomic E-state index is 13.1. The van der Waals surface area contributed by atoms with E-state index in [1.54, 1.807) is 48.5 Å². The Bertz CT molecular complexity index is 1340. The second-order valence-corrected chi connectivity index (χ2v) is 11.5. The molecule has 2 atom stereocenters. The molecular weight excluding hydrogens is 480 g/mol. The fourth-order valence-corrected chi connectivity index (χ4v) is 5.16. The Kier molecular flexibility index (Phi) is 7.37. The lowest BCUT2D eigenvalue weighted by Gasteiger charge is -2.29. The zero-order valence-electron chi connectivity index (χ0n) is 20.9. The second kappa shape index (κ2) is 10.3.